The molecular weight excluding hydrogens is 424 g/mol. The predicted octanol–water partition coefficient (Wildman–Crippen LogP) is 5.97. The zero-order valence-electron chi connectivity index (χ0n) is 20.7. The lowest BCUT2D eigenvalue weighted by molar-refractivity contribution is -0.134. The third-order valence-electron chi connectivity index (χ3n) is 5.69. The van der Waals surface area contributed by atoms with E-state index >= 15 is 0 Å². The summed E-state index contributed by atoms with van der Waals surface area (Å²) >= 11 is 0. The first-order valence-corrected chi connectivity index (χ1v) is 13.5. The van der Waals surface area contributed by atoms with Gasteiger partial charge in [0.05, 0.1) is 13.7 Å². The molecule has 0 heterocycles. The van der Waals surface area contributed by atoms with Gasteiger partial charge in [-0.25, -0.2) is 4.79 Å². The van der Waals surface area contributed by atoms with Crippen LogP contribution in [0.1, 0.15) is 47.0 Å². The number of allylic oxidation sites excluding steroid dienone is 4. The molecule has 0 aromatic heterocycles. The van der Waals surface area contributed by atoms with Crippen molar-refractivity contribution in [3.63, 3.8) is 0 Å². The molecule has 0 atom stereocenters. The molecular formula is C29H38O3Si. The first kappa shape index (κ1) is 26.6. The summed E-state index contributed by atoms with van der Waals surface area (Å²) in [5.41, 5.74) is 1.22. The zero-order valence-corrected chi connectivity index (χ0v) is 21.7. The molecule has 2 aromatic carbocycles. The lowest BCUT2D eigenvalue weighted by Gasteiger charge is -2.42. The fourth-order valence-corrected chi connectivity index (χ4v) is 8.55. The number of hydrogen-bond donors (Lipinski definition) is 0. The molecule has 4 heteroatoms. The molecule has 0 bridgehead atoms. The fraction of sp³-hybridized carbons (Fsp3) is 0.345. The Kier molecular flexibility index (Phi) is 10.6. The van der Waals surface area contributed by atoms with Gasteiger partial charge in [0.15, 0.2) is 0 Å². The van der Waals surface area contributed by atoms with Crippen molar-refractivity contribution in [2.24, 2.45) is 0 Å². The third-order valence-corrected chi connectivity index (χ3v) is 10.7. The molecule has 0 amide bonds. The largest absolute Gasteiger partial charge is 0.466 e. The molecule has 0 aliphatic carbocycles. The first-order valence-electron chi connectivity index (χ1n) is 11.6. The van der Waals surface area contributed by atoms with E-state index in [4.69, 9.17) is 4.43 Å². The van der Waals surface area contributed by atoms with Gasteiger partial charge in [-0.15, -0.1) is 0 Å². The smallest absolute Gasteiger partial charge is 0.330 e. The van der Waals surface area contributed by atoms with Crippen molar-refractivity contribution in [1.29, 1.82) is 0 Å². The van der Waals surface area contributed by atoms with Crippen LogP contribution in [0.25, 0.3) is 0 Å². The van der Waals surface area contributed by atoms with E-state index in [1.165, 1.54) is 29.1 Å². The van der Waals surface area contributed by atoms with Gasteiger partial charge in [-0.3, -0.25) is 0 Å². The molecule has 0 aliphatic rings. The second kappa shape index (κ2) is 13.1. The molecule has 0 radical (unpaired) electrons. The lowest BCUT2D eigenvalue weighted by atomic mass is 10.1. The van der Waals surface area contributed by atoms with Crippen molar-refractivity contribution in [1.82, 2.24) is 0 Å². The van der Waals surface area contributed by atoms with Gasteiger partial charge < -0.3 is 9.16 Å². The minimum atomic E-state index is -2.49. The van der Waals surface area contributed by atoms with Crippen LogP contribution in [0.4, 0.5) is 0 Å². The maximum atomic E-state index is 11.1. The van der Waals surface area contributed by atoms with E-state index in [2.05, 4.69) is 111 Å². The zero-order chi connectivity index (χ0) is 24.2. The number of methoxy groups -OCH3 is 1. The SMILES string of the molecule is COC(=O)/C=C/CCC/C=C(C)/C=C/CO[Si](c1ccccc1)(c1ccccc1)C(C)(C)C. The van der Waals surface area contributed by atoms with Crippen molar-refractivity contribution in [2.75, 3.05) is 13.7 Å². The number of carbonyl (C=O) groups is 1. The van der Waals surface area contributed by atoms with Gasteiger partial charge in [-0.1, -0.05) is 111 Å². The van der Waals surface area contributed by atoms with Gasteiger partial charge in [0.25, 0.3) is 8.32 Å². The van der Waals surface area contributed by atoms with Crippen LogP contribution < -0.4 is 10.4 Å². The van der Waals surface area contributed by atoms with E-state index in [1.54, 1.807) is 0 Å². The quantitative estimate of drug-likeness (QED) is 0.136. The molecule has 2 rings (SSSR count). The number of ether oxygens (including phenoxy) is 1. The molecule has 3 nitrogen and oxygen atoms in total. The molecule has 0 aliphatic heterocycles. The van der Waals surface area contributed by atoms with Crippen LogP contribution in [0.15, 0.2) is 96.6 Å². The van der Waals surface area contributed by atoms with E-state index in [0.29, 0.717) is 6.61 Å². The van der Waals surface area contributed by atoms with Crippen molar-refractivity contribution < 1.29 is 14.0 Å². The summed E-state index contributed by atoms with van der Waals surface area (Å²) in [7, 11) is -1.10. The molecule has 2 aromatic rings. The number of rotatable bonds is 11. The minimum Gasteiger partial charge on any atom is -0.466 e. The molecule has 0 saturated heterocycles. The van der Waals surface area contributed by atoms with Crippen molar-refractivity contribution in [3.05, 3.63) is 96.6 Å². The fourth-order valence-electron chi connectivity index (χ4n) is 4.05. The van der Waals surface area contributed by atoms with E-state index in [9.17, 15) is 4.79 Å². The average molecular weight is 463 g/mol. The van der Waals surface area contributed by atoms with Crippen LogP contribution in [0, 0.1) is 0 Å². The normalized spacial score (nSPS) is 13.1. The Labute approximate surface area is 201 Å². The number of benzene rings is 2. The highest BCUT2D eigenvalue weighted by atomic mass is 28.4. The van der Waals surface area contributed by atoms with Crippen LogP contribution in [0.3, 0.4) is 0 Å². The maximum absolute atomic E-state index is 11.1. The number of unbranched alkanes of at least 4 members (excludes halogenated alkanes) is 2. The predicted molar refractivity (Wildman–Crippen MR) is 141 cm³/mol. The van der Waals surface area contributed by atoms with Gasteiger partial charge >= 0.3 is 5.97 Å². The number of carbonyl (C=O) groups excluding carboxylic acids is 1. The number of hydrogen-bond acceptors (Lipinski definition) is 3. The molecule has 0 N–H and O–H groups in total. The summed E-state index contributed by atoms with van der Waals surface area (Å²) in [4.78, 5) is 11.1. The average Bonchev–Trinajstić information content (AvgIpc) is 2.81. The molecule has 0 saturated carbocycles. The molecule has 33 heavy (non-hydrogen) atoms. The van der Waals surface area contributed by atoms with E-state index in [1.807, 2.05) is 6.08 Å². The topological polar surface area (TPSA) is 35.5 Å². The van der Waals surface area contributed by atoms with Crippen molar-refractivity contribution >= 4 is 24.7 Å². The van der Waals surface area contributed by atoms with E-state index in [0.717, 1.165) is 19.3 Å². The summed E-state index contributed by atoms with van der Waals surface area (Å²) in [5, 5.41) is 2.57. The van der Waals surface area contributed by atoms with Gasteiger partial charge in [-0.2, -0.15) is 0 Å². The third kappa shape index (κ3) is 7.69. The Bertz CT molecular complexity index is 898. The Balaban J connectivity index is 2.09. The molecule has 176 valence electrons. The lowest BCUT2D eigenvalue weighted by Crippen LogP contribution is -2.66. The van der Waals surface area contributed by atoms with Crippen LogP contribution >= 0.6 is 0 Å². The van der Waals surface area contributed by atoms with Gasteiger partial charge in [0.2, 0.25) is 0 Å². The summed E-state index contributed by atoms with van der Waals surface area (Å²) < 4.78 is 11.5. The Hall–Kier alpha value is -2.69. The summed E-state index contributed by atoms with van der Waals surface area (Å²) in [6.45, 7) is 9.57. The minimum absolute atomic E-state index is 0.0217. The summed E-state index contributed by atoms with van der Waals surface area (Å²) in [6.07, 6.45) is 12.7. The van der Waals surface area contributed by atoms with E-state index < -0.39 is 8.32 Å². The molecule has 0 unspecified atom stereocenters. The number of esters is 1. The van der Waals surface area contributed by atoms with Gasteiger partial charge in [-0.05, 0) is 41.6 Å². The Morgan fingerprint density at radius 3 is 1.97 bits per heavy atom. The summed E-state index contributed by atoms with van der Waals surface area (Å²) in [5.74, 6) is -0.300. The Morgan fingerprint density at radius 1 is 0.879 bits per heavy atom. The first-order chi connectivity index (χ1) is 15.8. The Morgan fingerprint density at radius 2 is 1.45 bits per heavy atom. The van der Waals surface area contributed by atoms with Crippen LogP contribution in [-0.4, -0.2) is 28.0 Å². The highest BCUT2D eigenvalue weighted by molar-refractivity contribution is 6.99. The van der Waals surface area contributed by atoms with Crippen molar-refractivity contribution in [2.45, 2.75) is 52.0 Å². The van der Waals surface area contributed by atoms with E-state index in [-0.39, 0.29) is 11.0 Å². The standard InChI is InChI=1S/C29H38O3Si/c1-25(17-10-6-7-15-23-28(30)31-5)18-16-24-32-33(29(2,3)4,26-19-11-8-12-20-26)27-21-13-9-14-22-27/h8-9,11-23H,6-7,10,24H2,1-5H3/b18-16+,23-15+,25-17+. The molecule has 0 fully saturated rings. The highest BCUT2D eigenvalue weighted by Gasteiger charge is 2.49. The second-order valence-electron chi connectivity index (χ2n) is 9.18. The van der Waals surface area contributed by atoms with Crippen LogP contribution in [-0.2, 0) is 14.0 Å². The highest BCUT2D eigenvalue weighted by Crippen LogP contribution is 2.36. The maximum Gasteiger partial charge on any atom is 0.330 e. The molecule has 0 spiro atoms. The van der Waals surface area contributed by atoms with Crippen LogP contribution in [0.5, 0.6) is 0 Å². The summed E-state index contributed by atoms with van der Waals surface area (Å²) in [6, 6.07) is 21.4. The van der Waals surface area contributed by atoms with Crippen molar-refractivity contribution in [3.8, 4) is 0 Å². The second-order valence-corrected chi connectivity index (χ2v) is 13.5. The van der Waals surface area contributed by atoms with Gasteiger partial charge in [0, 0.05) is 6.08 Å². The van der Waals surface area contributed by atoms with Crippen LogP contribution in [0.2, 0.25) is 5.04 Å². The monoisotopic (exact) mass is 462 g/mol. The van der Waals surface area contributed by atoms with Gasteiger partial charge in [0.1, 0.15) is 0 Å².